The number of thiocarbonyl (C=S) groups is 1. The molecule has 3 rings (SSSR count). The van der Waals surface area contributed by atoms with Crippen LogP contribution in [0.25, 0.3) is 6.08 Å². The highest BCUT2D eigenvalue weighted by atomic mass is 79.9. The fourth-order valence-electron chi connectivity index (χ4n) is 2.75. The second-order valence-corrected chi connectivity index (χ2v) is 9.22. The van der Waals surface area contributed by atoms with Gasteiger partial charge < -0.3 is 10.1 Å². The number of benzene rings is 2. The number of amides is 1. The van der Waals surface area contributed by atoms with E-state index in [1.54, 1.807) is 23.1 Å². The summed E-state index contributed by atoms with van der Waals surface area (Å²) >= 11 is 24.5. The molecule has 1 heterocycles. The highest BCUT2D eigenvalue weighted by Gasteiger charge is 2.29. The second kappa shape index (κ2) is 9.79. The molecule has 1 saturated heterocycles. The van der Waals surface area contributed by atoms with Gasteiger partial charge in [-0.3, -0.25) is 9.69 Å². The third-order valence-electron chi connectivity index (χ3n) is 4.13. The molecule has 2 aromatic carbocycles. The molecule has 4 nitrogen and oxygen atoms in total. The lowest BCUT2D eigenvalue weighted by atomic mass is 10.2. The van der Waals surface area contributed by atoms with Gasteiger partial charge in [0, 0.05) is 22.2 Å². The molecule has 0 unspecified atom stereocenters. The average molecular weight is 579 g/mol. The van der Waals surface area contributed by atoms with E-state index in [1.165, 1.54) is 0 Å². The molecule has 0 radical (unpaired) electrons. The predicted octanol–water partition coefficient (Wildman–Crippen LogP) is 6.57. The molecule has 0 atom stereocenters. The van der Waals surface area contributed by atoms with Gasteiger partial charge >= 0.3 is 0 Å². The Morgan fingerprint density at radius 2 is 1.90 bits per heavy atom. The topological polar surface area (TPSA) is 41.6 Å². The van der Waals surface area contributed by atoms with E-state index in [-0.39, 0.29) is 12.5 Å². The van der Waals surface area contributed by atoms with Crippen LogP contribution >= 0.6 is 67.3 Å². The number of halogens is 4. The van der Waals surface area contributed by atoms with Crippen LogP contribution in [0.3, 0.4) is 0 Å². The maximum Gasteiger partial charge on any atom is 0.276 e. The van der Waals surface area contributed by atoms with Crippen molar-refractivity contribution in [1.29, 1.82) is 0 Å². The zero-order valence-electron chi connectivity index (χ0n) is 15.3. The Morgan fingerprint density at radius 3 is 2.52 bits per heavy atom. The molecule has 1 aliphatic heterocycles. The Balaban J connectivity index is 1.79. The van der Waals surface area contributed by atoms with Gasteiger partial charge in [0.05, 0.1) is 8.95 Å². The molecular weight excluding hydrogens is 563 g/mol. The molecule has 9 heteroatoms. The Morgan fingerprint density at radius 1 is 1.21 bits per heavy atom. The Bertz CT molecular complexity index is 991. The lowest BCUT2D eigenvalue weighted by Gasteiger charge is -2.13. The summed E-state index contributed by atoms with van der Waals surface area (Å²) in [6.45, 7) is 2.88. The average Bonchev–Trinajstić information content (AvgIpc) is 2.90. The van der Waals surface area contributed by atoms with Gasteiger partial charge in [-0.2, -0.15) is 0 Å². The normalized spacial score (nSPS) is 15.2. The fourth-order valence-corrected chi connectivity index (χ4v) is 4.95. The van der Waals surface area contributed by atoms with E-state index in [0.717, 1.165) is 26.5 Å². The van der Waals surface area contributed by atoms with Crippen LogP contribution < -0.4 is 10.1 Å². The van der Waals surface area contributed by atoms with Gasteiger partial charge in [-0.15, -0.1) is 0 Å². The second-order valence-electron chi connectivity index (χ2n) is 6.28. The van der Waals surface area contributed by atoms with E-state index in [1.807, 2.05) is 25.1 Å². The number of hydrogen-bond acceptors (Lipinski definition) is 3. The Kier molecular flexibility index (Phi) is 7.62. The lowest BCUT2D eigenvalue weighted by Crippen LogP contribution is -2.31. The molecule has 0 spiro atoms. The van der Waals surface area contributed by atoms with E-state index < -0.39 is 0 Å². The molecule has 1 N–H and O–H groups in total. The quantitative estimate of drug-likeness (QED) is 0.311. The predicted molar refractivity (Wildman–Crippen MR) is 128 cm³/mol. The minimum absolute atomic E-state index is 0.123. The maximum absolute atomic E-state index is 12.5. The molecule has 2 aromatic rings. The summed E-state index contributed by atoms with van der Waals surface area (Å²) in [7, 11) is 0. The first-order chi connectivity index (χ1) is 13.8. The number of nitrogens with one attached hydrogen (secondary N) is 1. The SMILES string of the molecule is CCCN1C(=O)/C(=C/c2cc(Br)c(OCc3ccc(Cl)cc3Cl)c(Br)c2)NC1=S. The van der Waals surface area contributed by atoms with Gasteiger partial charge in [0.25, 0.3) is 5.91 Å². The van der Waals surface area contributed by atoms with Gasteiger partial charge in [0.15, 0.2) is 5.11 Å². The monoisotopic (exact) mass is 576 g/mol. The van der Waals surface area contributed by atoms with E-state index in [4.69, 9.17) is 40.2 Å². The minimum Gasteiger partial charge on any atom is -0.486 e. The van der Waals surface area contributed by atoms with Crippen LogP contribution in [0.1, 0.15) is 24.5 Å². The molecule has 0 bridgehead atoms. The smallest absolute Gasteiger partial charge is 0.276 e. The minimum atomic E-state index is -0.123. The van der Waals surface area contributed by atoms with E-state index in [9.17, 15) is 4.79 Å². The van der Waals surface area contributed by atoms with E-state index in [2.05, 4.69) is 37.2 Å². The van der Waals surface area contributed by atoms with Crippen LogP contribution in [-0.2, 0) is 11.4 Å². The molecule has 1 amide bonds. The van der Waals surface area contributed by atoms with Crippen molar-refractivity contribution in [1.82, 2.24) is 10.2 Å². The molecule has 29 heavy (non-hydrogen) atoms. The summed E-state index contributed by atoms with van der Waals surface area (Å²) in [5, 5.41) is 4.53. The molecular formula is C20H16Br2Cl2N2O2S. The number of ether oxygens (including phenoxy) is 1. The number of carbonyl (C=O) groups excluding carboxylic acids is 1. The zero-order chi connectivity index (χ0) is 21.1. The molecule has 1 aliphatic rings. The lowest BCUT2D eigenvalue weighted by molar-refractivity contribution is -0.122. The molecule has 1 fully saturated rings. The van der Waals surface area contributed by atoms with Crippen LogP contribution in [0.15, 0.2) is 45.0 Å². The van der Waals surface area contributed by atoms with Gasteiger partial charge in [0.2, 0.25) is 0 Å². The van der Waals surface area contributed by atoms with Gasteiger partial charge in [0.1, 0.15) is 18.1 Å². The first-order valence-corrected chi connectivity index (χ1v) is 11.5. The number of nitrogens with zero attached hydrogens (tertiary/aromatic N) is 1. The van der Waals surface area contributed by atoms with Crippen molar-refractivity contribution in [2.75, 3.05) is 6.54 Å². The molecule has 0 aliphatic carbocycles. The van der Waals surface area contributed by atoms with Crippen LogP contribution in [0.5, 0.6) is 5.75 Å². The van der Waals surface area contributed by atoms with Crippen LogP contribution in [-0.4, -0.2) is 22.5 Å². The van der Waals surface area contributed by atoms with Crippen molar-refractivity contribution in [2.24, 2.45) is 0 Å². The molecule has 0 saturated carbocycles. The molecule has 152 valence electrons. The summed E-state index contributed by atoms with van der Waals surface area (Å²) < 4.78 is 7.41. The highest BCUT2D eigenvalue weighted by molar-refractivity contribution is 9.11. The summed E-state index contributed by atoms with van der Waals surface area (Å²) in [5.74, 6) is 0.508. The van der Waals surface area contributed by atoms with Crippen molar-refractivity contribution in [2.45, 2.75) is 20.0 Å². The van der Waals surface area contributed by atoms with Crippen molar-refractivity contribution in [3.8, 4) is 5.75 Å². The van der Waals surface area contributed by atoms with Crippen molar-refractivity contribution >= 4 is 84.4 Å². The third-order valence-corrected chi connectivity index (χ3v) is 6.22. The summed E-state index contributed by atoms with van der Waals surface area (Å²) in [6.07, 6.45) is 2.60. The first kappa shape index (κ1) is 22.6. The highest BCUT2D eigenvalue weighted by Crippen LogP contribution is 2.36. The summed E-state index contributed by atoms with van der Waals surface area (Å²) in [5.41, 5.74) is 2.09. The number of rotatable bonds is 6. The summed E-state index contributed by atoms with van der Waals surface area (Å²) in [4.78, 5) is 14.1. The maximum atomic E-state index is 12.5. The number of hydrogen-bond donors (Lipinski definition) is 1. The largest absolute Gasteiger partial charge is 0.486 e. The van der Waals surface area contributed by atoms with Crippen molar-refractivity contribution < 1.29 is 9.53 Å². The third kappa shape index (κ3) is 5.33. The number of carbonyl (C=O) groups is 1. The van der Waals surface area contributed by atoms with Crippen LogP contribution in [0, 0.1) is 0 Å². The van der Waals surface area contributed by atoms with Crippen molar-refractivity contribution in [3.05, 3.63) is 66.1 Å². The Hall–Kier alpha value is -1.12. The van der Waals surface area contributed by atoms with E-state index in [0.29, 0.717) is 33.1 Å². The zero-order valence-corrected chi connectivity index (χ0v) is 20.8. The van der Waals surface area contributed by atoms with Gasteiger partial charge in [-0.25, -0.2) is 0 Å². The Labute approximate surface area is 201 Å². The van der Waals surface area contributed by atoms with Gasteiger partial charge in [-0.1, -0.05) is 36.2 Å². The summed E-state index contributed by atoms with van der Waals surface area (Å²) in [6, 6.07) is 9.02. The van der Waals surface area contributed by atoms with E-state index >= 15 is 0 Å². The van der Waals surface area contributed by atoms with Crippen LogP contribution in [0.4, 0.5) is 0 Å². The van der Waals surface area contributed by atoms with Crippen molar-refractivity contribution in [3.63, 3.8) is 0 Å². The van der Waals surface area contributed by atoms with Crippen LogP contribution in [0.2, 0.25) is 10.0 Å². The molecule has 0 aromatic heterocycles. The fraction of sp³-hybridized carbons (Fsp3) is 0.200. The van der Waals surface area contributed by atoms with Gasteiger partial charge in [-0.05, 0) is 86.4 Å². The first-order valence-electron chi connectivity index (χ1n) is 8.70. The standard InChI is InChI=1S/C20H16Br2Cl2N2O2S/c1-2-5-26-19(27)17(25-20(26)29)8-11-6-14(21)18(15(22)7-11)28-10-12-3-4-13(23)9-16(12)24/h3-4,6-9H,2,5,10H2,1H3,(H,25,29)/b17-8-.